The smallest absolute Gasteiger partial charge is 0.131 e. The Morgan fingerprint density at radius 1 is 0.679 bits per heavy atom. The van der Waals surface area contributed by atoms with Gasteiger partial charge in [0.1, 0.15) is 5.82 Å². The molecule has 0 saturated carbocycles. The van der Waals surface area contributed by atoms with Crippen molar-refractivity contribution in [1.29, 1.82) is 0 Å². The molecule has 0 amide bonds. The predicted octanol–water partition coefficient (Wildman–Crippen LogP) is 7.19. The lowest BCUT2D eigenvalue weighted by Crippen LogP contribution is -1.89. The summed E-state index contributed by atoms with van der Waals surface area (Å²) in [5, 5.41) is 0. The monoisotopic (exact) mass is 370 g/mol. The molecular weight excluding hydrogens is 343 g/mol. The van der Waals surface area contributed by atoms with Crippen LogP contribution in [-0.2, 0) is 12.8 Å². The summed E-state index contributed by atoms with van der Waals surface area (Å²) in [5.74, 6) is 6.25. The number of benzene rings is 3. The van der Waals surface area contributed by atoms with Gasteiger partial charge in [0.2, 0.25) is 0 Å². The zero-order valence-corrected chi connectivity index (χ0v) is 16.8. The van der Waals surface area contributed by atoms with Gasteiger partial charge in [0.25, 0.3) is 0 Å². The lowest BCUT2D eigenvalue weighted by atomic mass is 10.0. The molecule has 0 atom stereocenters. The third-order valence-corrected chi connectivity index (χ3v) is 4.89. The van der Waals surface area contributed by atoms with E-state index in [1.54, 1.807) is 6.07 Å². The Labute approximate surface area is 168 Å². The fraction of sp³-hybridized carbons (Fsp3) is 0.259. The van der Waals surface area contributed by atoms with Crippen molar-refractivity contribution in [3.8, 4) is 23.0 Å². The zero-order valence-electron chi connectivity index (χ0n) is 16.8. The van der Waals surface area contributed by atoms with Gasteiger partial charge in [0.15, 0.2) is 0 Å². The number of hydrogen-bond acceptors (Lipinski definition) is 0. The van der Waals surface area contributed by atoms with Gasteiger partial charge >= 0.3 is 0 Å². The summed E-state index contributed by atoms with van der Waals surface area (Å²) in [4.78, 5) is 0. The number of unbranched alkanes of at least 4 members (excludes halogenated alkanes) is 1. The first-order valence-electron chi connectivity index (χ1n) is 10.2. The number of hydrogen-bond donors (Lipinski definition) is 0. The van der Waals surface area contributed by atoms with Gasteiger partial charge in [-0.1, -0.05) is 74.9 Å². The van der Waals surface area contributed by atoms with Gasteiger partial charge in [-0.25, -0.2) is 4.39 Å². The number of rotatable bonds is 6. The normalized spacial score (nSPS) is 10.4. The minimum Gasteiger partial charge on any atom is -0.206 e. The highest BCUT2D eigenvalue weighted by Crippen LogP contribution is 2.24. The van der Waals surface area contributed by atoms with Crippen LogP contribution in [0.1, 0.15) is 55.4 Å². The molecule has 0 fully saturated rings. The van der Waals surface area contributed by atoms with Crippen molar-refractivity contribution in [3.05, 3.63) is 94.8 Å². The van der Waals surface area contributed by atoms with E-state index in [1.165, 1.54) is 18.4 Å². The molecule has 1 heteroatoms. The average molecular weight is 371 g/mol. The second kappa shape index (κ2) is 9.90. The molecule has 0 unspecified atom stereocenters. The predicted molar refractivity (Wildman–Crippen MR) is 117 cm³/mol. The molecule has 0 nitrogen and oxygen atoms in total. The van der Waals surface area contributed by atoms with Crippen LogP contribution in [0, 0.1) is 17.7 Å². The van der Waals surface area contributed by atoms with Crippen molar-refractivity contribution in [1.82, 2.24) is 0 Å². The van der Waals surface area contributed by atoms with Gasteiger partial charge in [-0.05, 0) is 66.3 Å². The van der Waals surface area contributed by atoms with E-state index in [0.717, 1.165) is 41.5 Å². The summed E-state index contributed by atoms with van der Waals surface area (Å²) in [7, 11) is 0. The van der Waals surface area contributed by atoms with Crippen LogP contribution in [0.3, 0.4) is 0 Å². The summed E-state index contributed by atoms with van der Waals surface area (Å²) < 4.78 is 14.4. The summed E-state index contributed by atoms with van der Waals surface area (Å²) in [6.07, 6.45) is 5.49. The molecule has 0 radical (unpaired) electrons. The molecule has 3 rings (SSSR count). The molecule has 28 heavy (non-hydrogen) atoms. The Morgan fingerprint density at radius 2 is 1.29 bits per heavy atom. The highest BCUT2D eigenvalue weighted by Gasteiger charge is 2.06. The van der Waals surface area contributed by atoms with E-state index in [2.05, 4.69) is 50.0 Å². The minimum atomic E-state index is -0.159. The molecule has 0 aromatic heterocycles. The van der Waals surface area contributed by atoms with E-state index in [-0.39, 0.29) is 5.82 Å². The third-order valence-electron chi connectivity index (χ3n) is 4.89. The Morgan fingerprint density at radius 3 is 1.86 bits per heavy atom. The molecule has 0 bridgehead atoms. The molecular formula is C27H27F. The first kappa shape index (κ1) is 19.9. The Balaban J connectivity index is 1.71. The molecule has 3 aromatic rings. The highest BCUT2D eigenvalue weighted by molar-refractivity contribution is 5.65. The van der Waals surface area contributed by atoms with Crippen molar-refractivity contribution in [2.75, 3.05) is 0 Å². The lowest BCUT2D eigenvalue weighted by Gasteiger charge is -2.06. The SMILES string of the molecule is CCCCc1ccc(C#Cc2ccc(-c3ccc(CCC)cc3F)cc2)cc1. The fourth-order valence-electron chi connectivity index (χ4n) is 3.25. The molecule has 142 valence electrons. The number of aryl methyl sites for hydroxylation is 2. The van der Waals surface area contributed by atoms with Crippen molar-refractivity contribution >= 4 is 0 Å². The van der Waals surface area contributed by atoms with Crippen LogP contribution in [0.5, 0.6) is 0 Å². The van der Waals surface area contributed by atoms with Gasteiger partial charge in [-0.2, -0.15) is 0 Å². The standard InChI is InChI=1S/C27H27F/c1-3-5-7-21-8-10-22(11-9-21)12-13-23-14-17-25(18-15-23)26-19-16-24(6-4-2)20-27(26)28/h8-11,14-20H,3-7H2,1-2H3. The van der Waals surface area contributed by atoms with Crippen molar-refractivity contribution in [3.63, 3.8) is 0 Å². The summed E-state index contributed by atoms with van der Waals surface area (Å²) in [6.45, 7) is 4.31. The van der Waals surface area contributed by atoms with Gasteiger partial charge < -0.3 is 0 Å². The van der Waals surface area contributed by atoms with Gasteiger partial charge in [-0.15, -0.1) is 0 Å². The van der Waals surface area contributed by atoms with Crippen LogP contribution in [0.2, 0.25) is 0 Å². The van der Waals surface area contributed by atoms with Gasteiger partial charge in [0.05, 0.1) is 0 Å². The quantitative estimate of drug-likeness (QED) is 0.403. The summed E-state index contributed by atoms with van der Waals surface area (Å²) in [5.41, 5.74) is 5.88. The largest absolute Gasteiger partial charge is 0.206 e. The molecule has 0 aliphatic rings. The van der Waals surface area contributed by atoms with Crippen LogP contribution >= 0.6 is 0 Å². The maximum atomic E-state index is 14.4. The topological polar surface area (TPSA) is 0 Å². The zero-order chi connectivity index (χ0) is 19.8. The lowest BCUT2D eigenvalue weighted by molar-refractivity contribution is 0.628. The third kappa shape index (κ3) is 5.33. The summed E-state index contributed by atoms with van der Waals surface area (Å²) in [6, 6.07) is 21.8. The Hall–Kier alpha value is -2.85. The fourth-order valence-corrected chi connectivity index (χ4v) is 3.25. The highest BCUT2D eigenvalue weighted by atomic mass is 19.1. The Bertz CT molecular complexity index is 954. The number of halogens is 1. The molecule has 0 N–H and O–H groups in total. The van der Waals surface area contributed by atoms with Crippen LogP contribution < -0.4 is 0 Å². The van der Waals surface area contributed by atoms with Crippen LogP contribution in [0.15, 0.2) is 66.7 Å². The van der Waals surface area contributed by atoms with Gasteiger partial charge in [-0.3, -0.25) is 0 Å². The minimum absolute atomic E-state index is 0.159. The second-order valence-electron chi connectivity index (χ2n) is 7.19. The average Bonchev–Trinajstić information content (AvgIpc) is 2.72. The van der Waals surface area contributed by atoms with E-state index in [4.69, 9.17) is 0 Å². The second-order valence-corrected chi connectivity index (χ2v) is 7.19. The van der Waals surface area contributed by atoms with E-state index >= 15 is 0 Å². The molecule has 0 aliphatic carbocycles. The maximum Gasteiger partial charge on any atom is 0.131 e. The van der Waals surface area contributed by atoms with E-state index in [9.17, 15) is 4.39 Å². The van der Waals surface area contributed by atoms with E-state index < -0.39 is 0 Å². The van der Waals surface area contributed by atoms with Crippen LogP contribution in [0.25, 0.3) is 11.1 Å². The first-order chi connectivity index (χ1) is 13.7. The van der Waals surface area contributed by atoms with Crippen LogP contribution in [-0.4, -0.2) is 0 Å². The van der Waals surface area contributed by atoms with Gasteiger partial charge in [0, 0.05) is 16.7 Å². The molecule has 0 aliphatic heterocycles. The molecule has 0 heterocycles. The maximum absolute atomic E-state index is 14.4. The Kier molecular flexibility index (Phi) is 7.04. The van der Waals surface area contributed by atoms with Crippen molar-refractivity contribution in [2.45, 2.75) is 46.0 Å². The van der Waals surface area contributed by atoms with E-state index in [1.807, 2.05) is 36.4 Å². The first-order valence-corrected chi connectivity index (χ1v) is 10.2. The van der Waals surface area contributed by atoms with Crippen molar-refractivity contribution < 1.29 is 4.39 Å². The van der Waals surface area contributed by atoms with Crippen molar-refractivity contribution in [2.24, 2.45) is 0 Å². The molecule has 0 saturated heterocycles. The molecule has 3 aromatic carbocycles. The summed E-state index contributed by atoms with van der Waals surface area (Å²) >= 11 is 0. The van der Waals surface area contributed by atoms with Crippen LogP contribution in [0.4, 0.5) is 4.39 Å². The van der Waals surface area contributed by atoms with E-state index in [0.29, 0.717) is 5.56 Å². The molecule has 0 spiro atoms.